The molecule has 6 nitrogen and oxygen atoms in total. The van der Waals surface area contributed by atoms with Crippen molar-refractivity contribution in [1.82, 2.24) is 15.1 Å². The Morgan fingerprint density at radius 3 is 2.87 bits per heavy atom. The third-order valence-electron chi connectivity index (χ3n) is 4.11. The molecule has 2 saturated heterocycles. The van der Waals surface area contributed by atoms with Crippen molar-refractivity contribution in [2.75, 3.05) is 16.4 Å². The van der Waals surface area contributed by atoms with E-state index in [9.17, 15) is 9.59 Å². The number of thioether (sulfide) groups is 1. The molecule has 23 heavy (non-hydrogen) atoms. The summed E-state index contributed by atoms with van der Waals surface area (Å²) in [4.78, 5) is 26.2. The molecule has 2 aliphatic rings. The minimum absolute atomic E-state index is 0.203. The third-order valence-corrected chi connectivity index (χ3v) is 5.62. The maximum atomic E-state index is 12.7. The molecule has 1 aromatic heterocycles. The molecule has 8 heteroatoms. The summed E-state index contributed by atoms with van der Waals surface area (Å²) in [5.41, 5.74) is 0.383. The summed E-state index contributed by atoms with van der Waals surface area (Å²) in [5, 5.41) is 7.61. The molecule has 2 fully saturated rings. The van der Waals surface area contributed by atoms with Gasteiger partial charge >= 0.3 is 6.03 Å². The molecule has 0 bridgehead atoms. The number of aromatic nitrogens is 2. The molecular weight excluding hydrogens is 336 g/mol. The van der Waals surface area contributed by atoms with E-state index in [2.05, 4.69) is 10.4 Å². The van der Waals surface area contributed by atoms with Crippen LogP contribution in [0.15, 0.2) is 36.7 Å². The number of nitrogens with one attached hydrogen (secondary N) is 1. The van der Waals surface area contributed by atoms with Crippen molar-refractivity contribution in [2.45, 2.75) is 12.0 Å². The number of amides is 3. The van der Waals surface area contributed by atoms with Gasteiger partial charge < -0.3 is 5.32 Å². The van der Waals surface area contributed by atoms with Crippen LogP contribution in [0.3, 0.4) is 0 Å². The fraction of sp³-hybridized carbons (Fsp3) is 0.267. The molecule has 1 N–H and O–H groups in total. The first kappa shape index (κ1) is 14.6. The molecule has 2 aliphatic heterocycles. The molecule has 0 radical (unpaired) electrons. The highest BCUT2D eigenvalue weighted by atomic mass is 35.5. The van der Waals surface area contributed by atoms with Gasteiger partial charge in [-0.1, -0.05) is 23.7 Å². The number of halogens is 1. The van der Waals surface area contributed by atoms with Gasteiger partial charge in [0.2, 0.25) is 0 Å². The molecular formula is C15H13ClN4O2S. The lowest BCUT2D eigenvalue weighted by Crippen LogP contribution is -2.47. The van der Waals surface area contributed by atoms with Gasteiger partial charge in [-0.25, -0.2) is 14.4 Å². The second-order valence-electron chi connectivity index (χ2n) is 5.55. The van der Waals surface area contributed by atoms with Gasteiger partial charge in [-0.05, 0) is 24.3 Å². The van der Waals surface area contributed by atoms with E-state index in [0.717, 1.165) is 5.75 Å². The summed E-state index contributed by atoms with van der Waals surface area (Å²) < 4.78 is 1.56. The summed E-state index contributed by atoms with van der Waals surface area (Å²) in [6.45, 7) is 0. The highest BCUT2D eigenvalue weighted by Gasteiger charge is 2.53. The van der Waals surface area contributed by atoms with E-state index >= 15 is 0 Å². The Kier molecular flexibility index (Phi) is 3.35. The number of rotatable bonds is 2. The standard InChI is InChI=1S/C15H13ClN4O2S/c16-11-3-1-2-4-12(11)19-8-10(7-17-19)20-13(21)15(18-14(20)22)5-6-23-9-15/h1-4,7-8H,5-6,9H2,(H,18,22). The quantitative estimate of drug-likeness (QED) is 0.846. The van der Waals surface area contributed by atoms with Gasteiger partial charge in [-0.15, -0.1) is 0 Å². The number of hydrogen-bond acceptors (Lipinski definition) is 4. The van der Waals surface area contributed by atoms with Crippen molar-refractivity contribution in [3.05, 3.63) is 41.7 Å². The van der Waals surface area contributed by atoms with Crippen molar-refractivity contribution < 1.29 is 9.59 Å². The number of para-hydroxylation sites is 1. The average molecular weight is 349 g/mol. The number of carbonyl (C=O) groups is 2. The van der Waals surface area contributed by atoms with Gasteiger partial charge in [0, 0.05) is 5.75 Å². The van der Waals surface area contributed by atoms with Crippen LogP contribution in [0.2, 0.25) is 5.02 Å². The highest BCUT2D eigenvalue weighted by Crippen LogP contribution is 2.35. The lowest BCUT2D eigenvalue weighted by atomic mass is 9.99. The van der Waals surface area contributed by atoms with Crippen LogP contribution >= 0.6 is 23.4 Å². The van der Waals surface area contributed by atoms with E-state index < -0.39 is 11.6 Å². The second-order valence-corrected chi connectivity index (χ2v) is 7.06. The minimum atomic E-state index is -0.756. The van der Waals surface area contributed by atoms with Crippen LogP contribution in [-0.2, 0) is 4.79 Å². The molecule has 1 atom stereocenters. The van der Waals surface area contributed by atoms with Crippen LogP contribution in [0.5, 0.6) is 0 Å². The van der Waals surface area contributed by atoms with Crippen LogP contribution in [0.1, 0.15) is 6.42 Å². The predicted molar refractivity (Wildman–Crippen MR) is 89.3 cm³/mol. The Balaban J connectivity index is 1.68. The van der Waals surface area contributed by atoms with E-state index in [1.54, 1.807) is 28.7 Å². The summed E-state index contributed by atoms with van der Waals surface area (Å²) in [6, 6.07) is 6.86. The largest absolute Gasteiger partial charge is 0.329 e. The van der Waals surface area contributed by atoms with E-state index in [0.29, 0.717) is 28.6 Å². The van der Waals surface area contributed by atoms with Crippen molar-refractivity contribution in [3.8, 4) is 5.69 Å². The molecule has 1 unspecified atom stereocenters. The van der Waals surface area contributed by atoms with E-state index in [1.165, 1.54) is 11.1 Å². The van der Waals surface area contributed by atoms with Crippen molar-refractivity contribution >= 4 is 41.0 Å². The van der Waals surface area contributed by atoms with Crippen LogP contribution in [0.25, 0.3) is 5.69 Å². The Hall–Kier alpha value is -1.99. The van der Waals surface area contributed by atoms with Crippen molar-refractivity contribution in [1.29, 1.82) is 0 Å². The minimum Gasteiger partial charge on any atom is -0.322 e. The number of anilines is 1. The normalized spacial score (nSPS) is 23.8. The Labute approximate surface area is 141 Å². The van der Waals surface area contributed by atoms with Gasteiger partial charge in [0.15, 0.2) is 0 Å². The monoisotopic (exact) mass is 348 g/mol. The summed E-state index contributed by atoms with van der Waals surface area (Å²) in [5.74, 6) is 1.29. The Morgan fingerprint density at radius 1 is 1.30 bits per heavy atom. The summed E-state index contributed by atoms with van der Waals surface area (Å²) in [6.07, 6.45) is 3.80. The van der Waals surface area contributed by atoms with Crippen LogP contribution in [0.4, 0.5) is 10.5 Å². The highest BCUT2D eigenvalue weighted by molar-refractivity contribution is 7.99. The maximum absolute atomic E-state index is 12.7. The average Bonchev–Trinajstić information content (AvgIpc) is 3.22. The zero-order chi connectivity index (χ0) is 16.0. The van der Waals surface area contributed by atoms with Gasteiger partial charge in [0.1, 0.15) is 5.54 Å². The van der Waals surface area contributed by atoms with Crippen molar-refractivity contribution in [2.24, 2.45) is 0 Å². The fourth-order valence-corrected chi connectivity index (χ4v) is 4.43. The number of benzene rings is 1. The third kappa shape index (κ3) is 2.22. The molecule has 1 spiro atoms. The number of urea groups is 1. The van der Waals surface area contributed by atoms with E-state index in [-0.39, 0.29) is 5.91 Å². The first-order chi connectivity index (χ1) is 11.1. The first-order valence-electron chi connectivity index (χ1n) is 7.15. The van der Waals surface area contributed by atoms with Crippen LogP contribution in [-0.4, -0.2) is 38.8 Å². The lowest BCUT2D eigenvalue weighted by Gasteiger charge is -2.18. The SMILES string of the molecule is O=C1NC2(CCSC2)C(=O)N1c1cnn(-c2ccccc2Cl)c1. The summed E-state index contributed by atoms with van der Waals surface area (Å²) in [7, 11) is 0. The topological polar surface area (TPSA) is 67.2 Å². The van der Waals surface area contributed by atoms with Gasteiger partial charge in [-0.2, -0.15) is 16.9 Å². The zero-order valence-electron chi connectivity index (χ0n) is 12.0. The number of imide groups is 1. The first-order valence-corrected chi connectivity index (χ1v) is 8.68. The lowest BCUT2D eigenvalue weighted by molar-refractivity contribution is -0.121. The number of carbonyl (C=O) groups excluding carboxylic acids is 2. The number of hydrogen-bond donors (Lipinski definition) is 1. The van der Waals surface area contributed by atoms with E-state index in [1.807, 2.05) is 18.2 Å². The predicted octanol–water partition coefficient (Wildman–Crippen LogP) is 2.46. The van der Waals surface area contributed by atoms with Gasteiger partial charge in [0.25, 0.3) is 5.91 Å². The second kappa shape index (κ2) is 5.28. The molecule has 2 aromatic rings. The Bertz CT molecular complexity index is 800. The van der Waals surface area contributed by atoms with Crippen LogP contribution < -0.4 is 10.2 Å². The molecule has 4 rings (SSSR count). The zero-order valence-corrected chi connectivity index (χ0v) is 13.6. The molecule has 3 amide bonds. The molecule has 0 saturated carbocycles. The molecule has 3 heterocycles. The van der Waals surface area contributed by atoms with Crippen LogP contribution in [0, 0.1) is 0 Å². The van der Waals surface area contributed by atoms with E-state index in [4.69, 9.17) is 11.6 Å². The van der Waals surface area contributed by atoms with Gasteiger partial charge in [0.05, 0.1) is 28.8 Å². The molecule has 0 aliphatic carbocycles. The molecule has 1 aromatic carbocycles. The fourth-order valence-electron chi connectivity index (χ4n) is 2.89. The smallest absolute Gasteiger partial charge is 0.322 e. The Morgan fingerprint density at radius 2 is 2.13 bits per heavy atom. The summed E-state index contributed by atoms with van der Waals surface area (Å²) >= 11 is 7.84. The maximum Gasteiger partial charge on any atom is 0.329 e. The van der Waals surface area contributed by atoms with Gasteiger partial charge in [-0.3, -0.25) is 4.79 Å². The van der Waals surface area contributed by atoms with Crippen molar-refractivity contribution in [3.63, 3.8) is 0 Å². The molecule has 118 valence electrons. The number of nitrogens with zero attached hydrogens (tertiary/aromatic N) is 3.